The second-order valence-corrected chi connectivity index (χ2v) is 12.7. The van der Waals surface area contributed by atoms with E-state index >= 15 is 0 Å². The number of benzene rings is 2. The Hall–Kier alpha value is -3.01. The average molecular weight is 559 g/mol. The lowest BCUT2D eigenvalue weighted by molar-refractivity contribution is 0.102. The Morgan fingerprint density at radius 1 is 1.17 bits per heavy atom. The zero-order valence-electron chi connectivity index (χ0n) is 20.9. The van der Waals surface area contributed by atoms with E-state index in [4.69, 9.17) is 4.98 Å². The van der Waals surface area contributed by atoms with Crippen molar-refractivity contribution in [2.24, 2.45) is 11.3 Å². The first-order valence-corrected chi connectivity index (χ1v) is 13.8. The topological polar surface area (TPSA) is 65.8 Å². The van der Waals surface area contributed by atoms with Gasteiger partial charge < -0.3 is 5.32 Å². The van der Waals surface area contributed by atoms with Gasteiger partial charge in [0, 0.05) is 20.3 Å². The summed E-state index contributed by atoms with van der Waals surface area (Å²) in [5, 5.41) is 14.5. The highest BCUT2D eigenvalue weighted by Gasteiger charge is 2.32. The van der Waals surface area contributed by atoms with Gasteiger partial charge in [-0.05, 0) is 67.3 Å². The number of anilines is 1. The number of halogens is 1. The molecule has 2 aromatic heterocycles. The number of rotatable bonds is 3. The number of nitriles is 1. The number of aromatic nitrogens is 1. The second kappa shape index (κ2) is 9.46. The molecule has 4 aromatic rings. The molecule has 36 heavy (non-hydrogen) atoms. The van der Waals surface area contributed by atoms with Crippen LogP contribution in [0.15, 0.2) is 53.0 Å². The van der Waals surface area contributed by atoms with E-state index in [0.29, 0.717) is 22.0 Å². The zero-order valence-corrected chi connectivity index (χ0v) is 23.3. The third-order valence-electron chi connectivity index (χ3n) is 7.19. The lowest BCUT2D eigenvalue weighted by Crippen LogP contribution is -2.26. The summed E-state index contributed by atoms with van der Waals surface area (Å²) in [6.45, 7) is 8.89. The number of aryl methyl sites for hydroxylation is 1. The number of amides is 1. The number of nitrogens with one attached hydrogen (secondary N) is 1. The minimum absolute atomic E-state index is 0.216. The van der Waals surface area contributed by atoms with Crippen molar-refractivity contribution in [2.75, 3.05) is 5.32 Å². The van der Waals surface area contributed by atoms with Crippen LogP contribution in [0.3, 0.4) is 0 Å². The van der Waals surface area contributed by atoms with Crippen LogP contribution in [0.2, 0.25) is 0 Å². The number of carbonyl (C=O) groups excluding carboxylic acids is 1. The SMILES string of the molecule is Cc1ccc(-c2cc(C(=O)Nc3sc4c(c3C#N)CCC(C(C)(C)C)C4)c3cc(Br)ccc3n2)cc1. The van der Waals surface area contributed by atoms with Crippen molar-refractivity contribution < 1.29 is 4.79 Å². The molecule has 1 amide bonds. The molecule has 1 atom stereocenters. The van der Waals surface area contributed by atoms with Gasteiger partial charge in [-0.1, -0.05) is 66.5 Å². The summed E-state index contributed by atoms with van der Waals surface area (Å²) < 4.78 is 0.881. The minimum Gasteiger partial charge on any atom is -0.312 e. The van der Waals surface area contributed by atoms with Crippen molar-refractivity contribution in [3.63, 3.8) is 0 Å². The van der Waals surface area contributed by atoms with Crippen molar-refractivity contribution in [1.29, 1.82) is 5.26 Å². The number of fused-ring (bicyclic) bond motifs is 2. The fraction of sp³-hybridized carbons (Fsp3) is 0.300. The van der Waals surface area contributed by atoms with Gasteiger partial charge in [0.1, 0.15) is 11.1 Å². The Bertz CT molecular complexity index is 1520. The van der Waals surface area contributed by atoms with Gasteiger partial charge in [-0.3, -0.25) is 4.79 Å². The van der Waals surface area contributed by atoms with Crippen LogP contribution < -0.4 is 5.32 Å². The summed E-state index contributed by atoms with van der Waals surface area (Å²) in [7, 11) is 0. The molecule has 182 valence electrons. The molecule has 0 fully saturated rings. The molecule has 2 heterocycles. The predicted molar refractivity (Wildman–Crippen MR) is 152 cm³/mol. The minimum atomic E-state index is -0.226. The molecule has 1 aliphatic rings. The third kappa shape index (κ3) is 4.70. The predicted octanol–water partition coefficient (Wildman–Crippen LogP) is 8.31. The first-order chi connectivity index (χ1) is 17.1. The number of nitrogens with zero attached hydrogens (tertiary/aromatic N) is 2. The lowest BCUT2D eigenvalue weighted by Gasteiger charge is -2.33. The second-order valence-electron chi connectivity index (χ2n) is 10.7. The van der Waals surface area contributed by atoms with Crippen LogP contribution in [0.5, 0.6) is 0 Å². The van der Waals surface area contributed by atoms with Gasteiger partial charge in [-0.2, -0.15) is 5.26 Å². The maximum absolute atomic E-state index is 13.7. The molecular formula is C30H28BrN3OS. The van der Waals surface area contributed by atoms with Crippen LogP contribution in [-0.2, 0) is 12.8 Å². The van der Waals surface area contributed by atoms with Gasteiger partial charge in [0.2, 0.25) is 0 Å². The number of thiophene rings is 1. The van der Waals surface area contributed by atoms with Gasteiger partial charge in [-0.15, -0.1) is 11.3 Å². The summed E-state index contributed by atoms with van der Waals surface area (Å²) in [4.78, 5) is 19.8. The zero-order chi connectivity index (χ0) is 25.6. The highest BCUT2D eigenvalue weighted by Crippen LogP contribution is 2.44. The van der Waals surface area contributed by atoms with Crippen LogP contribution in [0, 0.1) is 29.6 Å². The molecule has 0 aliphatic heterocycles. The molecule has 5 rings (SSSR count). The normalized spacial score (nSPS) is 15.4. The average Bonchev–Trinajstić information content (AvgIpc) is 3.19. The van der Waals surface area contributed by atoms with E-state index in [0.717, 1.165) is 51.5 Å². The maximum Gasteiger partial charge on any atom is 0.257 e. The van der Waals surface area contributed by atoms with Gasteiger partial charge in [-0.25, -0.2) is 4.98 Å². The molecule has 0 spiro atoms. The first kappa shape index (κ1) is 24.7. The largest absolute Gasteiger partial charge is 0.312 e. The van der Waals surface area contributed by atoms with E-state index in [1.54, 1.807) is 11.3 Å². The fourth-order valence-corrected chi connectivity index (χ4v) is 6.59. The van der Waals surface area contributed by atoms with E-state index in [-0.39, 0.29) is 11.3 Å². The molecule has 0 saturated carbocycles. The quantitative estimate of drug-likeness (QED) is 0.275. The Kier molecular flexibility index (Phi) is 6.48. The summed E-state index contributed by atoms with van der Waals surface area (Å²) in [5.41, 5.74) is 6.11. The van der Waals surface area contributed by atoms with Crippen molar-refractivity contribution in [2.45, 2.75) is 47.0 Å². The van der Waals surface area contributed by atoms with E-state index in [2.05, 4.69) is 48.1 Å². The first-order valence-electron chi connectivity index (χ1n) is 12.2. The highest BCUT2D eigenvalue weighted by molar-refractivity contribution is 9.10. The molecule has 1 N–H and O–H groups in total. The van der Waals surface area contributed by atoms with E-state index in [1.807, 2.05) is 55.5 Å². The van der Waals surface area contributed by atoms with Crippen molar-refractivity contribution in [3.05, 3.63) is 80.1 Å². The number of pyridine rings is 1. The highest BCUT2D eigenvalue weighted by atomic mass is 79.9. The number of hydrogen-bond acceptors (Lipinski definition) is 4. The van der Waals surface area contributed by atoms with Crippen LogP contribution in [0.25, 0.3) is 22.2 Å². The van der Waals surface area contributed by atoms with Crippen LogP contribution in [-0.4, -0.2) is 10.9 Å². The van der Waals surface area contributed by atoms with Crippen molar-refractivity contribution >= 4 is 49.1 Å². The summed E-state index contributed by atoms with van der Waals surface area (Å²) in [5.74, 6) is 0.341. The molecule has 0 radical (unpaired) electrons. The summed E-state index contributed by atoms with van der Waals surface area (Å²) in [6, 6.07) is 18.1. The van der Waals surface area contributed by atoms with Crippen LogP contribution >= 0.6 is 27.3 Å². The molecule has 4 nitrogen and oxygen atoms in total. The van der Waals surface area contributed by atoms with Gasteiger partial charge in [0.05, 0.1) is 22.3 Å². The van der Waals surface area contributed by atoms with E-state index < -0.39 is 0 Å². The summed E-state index contributed by atoms with van der Waals surface area (Å²) in [6.07, 6.45) is 2.91. The number of carbonyl (C=O) groups is 1. The Balaban J connectivity index is 1.55. The molecule has 6 heteroatoms. The maximum atomic E-state index is 13.7. The third-order valence-corrected chi connectivity index (χ3v) is 8.85. The van der Waals surface area contributed by atoms with Crippen LogP contribution in [0.1, 0.15) is 59.1 Å². The molecular weight excluding hydrogens is 530 g/mol. The standard InChI is InChI=1S/C30H28BrN3OS/c1-17-5-7-18(8-6-17)26-15-23(22-14-20(31)10-12-25(22)33-26)28(35)34-29-24(16-32)21-11-9-19(30(2,3)4)13-27(21)36-29/h5-8,10,12,14-15,19H,9,11,13H2,1-4H3,(H,34,35). The van der Waals surface area contributed by atoms with Gasteiger partial charge in [0.25, 0.3) is 5.91 Å². The molecule has 0 bridgehead atoms. The van der Waals surface area contributed by atoms with Gasteiger partial charge >= 0.3 is 0 Å². The monoisotopic (exact) mass is 557 g/mol. The van der Waals surface area contributed by atoms with E-state index in [1.165, 1.54) is 10.4 Å². The number of hydrogen-bond donors (Lipinski definition) is 1. The van der Waals surface area contributed by atoms with Crippen molar-refractivity contribution in [1.82, 2.24) is 4.98 Å². The summed E-state index contributed by atoms with van der Waals surface area (Å²) >= 11 is 5.10. The fourth-order valence-electron chi connectivity index (χ4n) is 4.96. The molecule has 2 aromatic carbocycles. The lowest BCUT2D eigenvalue weighted by atomic mass is 9.72. The Morgan fingerprint density at radius 3 is 2.61 bits per heavy atom. The van der Waals surface area contributed by atoms with E-state index in [9.17, 15) is 10.1 Å². The molecule has 1 aliphatic carbocycles. The Morgan fingerprint density at radius 2 is 1.92 bits per heavy atom. The molecule has 1 unspecified atom stereocenters. The Labute approximate surface area is 224 Å². The van der Waals surface area contributed by atoms with Crippen molar-refractivity contribution in [3.8, 4) is 17.3 Å². The van der Waals surface area contributed by atoms with Gasteiger partial charge in [0.15, 0.2) is 0 Å². The molecule has 0 saturated heterocycles. The van der Waals surface area contributed by atoms with Crippen LogP contribution in [0.4, 0.5) is 5.00 Å². The smallest absolute Gasteiger partial charge is 0.257 e.